The number of nitrogens with zero attached hydrogens (tertiary/aromatic N) is 1. The Morgan fingerprint density at radius 3 is 2.81 bits per heavy atom. The predicted octanol–water partition coefficient (Wildman–Crippen LogP) is 1.60. The van der Waals surface area contributed by atoms with E-state index < -0.39 is 17.5 Å². The van der Waals surface area contributed by atoms with Crippen LogP contribution in [-0.4, -0.2) is 23.8 Å². The molecule has 0 amide bonds. The van der Waals surface area contributed by atoms with Gasteiger partial charge in [0, 0.05) is 6.07 Å². The molecule has 0 unspecified atom stereocenters. The topological polar surface area (TPSA) is 86.5 Å². The first-order valence-corrected chi connectivity index (χ1v) is 4.48. The zero-order valence-electron chi connectivity index (χ0n) is 7.88. The number of aldehydes is 1. The molecule has 0 saturated carbocycles. The van der Waals surface area contributed by atoms with Crippen molar-refractivity contribution >= 4 is 29.5 Å². The van der Waals surface area contributed by atoms with Crippen LogP contribution in [0.15, 0.2) is 18.2 Å². The van der Waals surface area contributed by atoms with Crippen LogP contribution in [0.5, 0.6) is 0 Å². The first-order valence-electron chi connectivity index (χ1n) is 4.11. The molecule has 0 radical (unpaired) electrons. The number of nitro groups is 1. The minimum Gasteiger partial charge on any atom is -0.454 e. The molecule has 16 heavy (non-hydrogen) atoms. The number of carbonyl (C=O) groups excluding carboxylic acids is 2. The molecule has 0 atom stereocenters. The van der Waals surface area contributed by atoms with E-state index in [9.17, 15) is 19.7 Å². The van der Waals surface area contributed by atoms with Crippen molar-refractivity contribution in [2.45, 2.75) is 0 Å². The van der Waals surface area contributed by atoms with Crippen LogP contribution in [-0.2, 0) is 9.53 Å². The molecule has 1 aromatic carbocycles. The Hall–Kier alpha value is -1.95. The zero-order chi connectivity index (χ0) is 12.1. The Morgan fingerprint density at radius 2 is 2.25 bits per heavy atom. The van der Waals surface area contributed by atoms with Gasteiger partial charge in [-0.25, -0.2) is 4.79 Å². The second-order valence-corrected chi connectivity index (χ2v) is 3.10. The summed E-state index contributed by atoms with van der Waals surface area (Å²) < 4.78 is 4.48. The van der Waals surface area contributed by atoms with E-state index in [1.165, 1.54) is 12.1 Å². The quantitative estimate of drug-likeness (QED) is 0.347. The SMILES string of the molecule is O=CCOC(=O)c1ccc(Cl)c([N+](=O)[O-])c1. The summed E-state index contributed by atoms with van der Waals surface area (Å²) in [6, 6.07) is 3.50. The highest BCUT2D eigenvalue weighted by molar-refractivity contribution is 6.32. The van der Waals surface area contributed by atoms with Gasteiger partial charge in [-0.2, -0.15) is 0 Å². The summed E-state index contributed by atoms with van der Waals surface area (Å²) in [5.74, 6) is -0.813. The number of hydrogen-bond donors (Lipinski definition) is 0. The lowest BCUT2D eigenvalue weighted by molar-refractivity contribution is -0.384. The lowest BCUT2D eigenvalue weighted by Gasteiger charge is -2.01. The molecule has 1 rings (SSSR count). The predicted molar refractivity (Wildman–Crippen MR) is 54.5 cm³/mol. The summed E-state index contributed by atoms with van der Waals surface area (Å²) >= 11 is 5.55. The molecule has 0 aromatic heterocycles. The molecule has 0 aliphatic rings. The van der Waals surface area contributed by atoms with Crippen molar-refractivity contribution in [2.24, 2.45) is 0 Å². The lowest BCUT2D eigenvalue weighted by atomic mass is 10.2. The second-order valence-electron chi connectivity index (χ2n) is 2.69. The molecule has 7 heteroatoms. The minimum atomic E-state index is -0.813. The molecule has 0 N–H and O–H groups in total. The summed E-state index contributed by atoms with van der Waals surface area (Å²) in [5, 5.41) is 10.5. The minimum absolute atomic E-state index is 0.0297. The van der Waals surface area contributed by atoms with Crippen LogP contribution in [0.3, 0.4) is 0 Å². The highest BCUT2D eigenvalue weighted by Crippen LogP contribution is 2.25. The fourth-order valence-electron chi connectivity index (χ4n) is 0.973. The fourth-order valence-corrected chi connectivity index (χ4v) is 1.16. The van der Waals surface area contributed by atoms with Gasteiger partial charge in [-0.05, 0) is 12.1 Å². The van der Waals surface area contributed by atoms with E-state index in [1.54, 1.807) is 0 Å². The zero-order valence-corrected chi connectivity index (χ0v) is 8.64. The normalized spacial score (nSPS) is 9.56. The Kier molecular flexibility index (Phi) is 3.96. The summed E-state index contributed by atoms with van der Waals surface area (Å²) in [6.45, 7) is -0.394. The highest BCUT2D eigenvalue weighted by Gasteiger charge is 2.16. The van der Waals surface area contributed by atoms with Gasteiger partial charge in [0.25, 0.3) is 5.69 Å². The third-order valence-electron chi connectivity index (χ3n) is 1.66. The molecule has 1 aromatic rings. The number of rotatable bonds is 4. The van der Waals surface area contributed by atoms with E-state index in [2.05, 4.69) is 4.74 Å². The standard InChI is InChI=1S/C9H6ClNO5/c10-7-2-1-6(5-8(7)11(14)15)9(13)16-4-3-12/h1-3,5H,4H2. The van der Waals surface area contributed by atoms with Gasteiger partial charge in [-0.15, -0.1) is 0 Å². The van der Waals surface area contributed by atoms with Crippen molar-refractivity contribution in [3.63, 3.8) is 0 Å². The Balaban J connectivity index is 2.98. The smallest absolute Gasteiger partial charge is 0.338 e. The third-order valence-corrected chi connectivity index (χ3v) is 1.98. The van der Waals surface area contributed by atoms with Gasteiger partial charge in [-0.1, -0.05) is 11.6 Å². The number of carbonyl (C=O) groups is 2. The maximum atomic E-state index is 11.2. The van der Waals surface area contributed by atoms with Crippen LogP contribution in [0.4, 0.5) is 5.69 Å². The van der Waals surface area contributed by atoms with Gasteiger partial charge in [0.2, 0.25) is 0 Å². The molecular formula is C9H6ClNO5. The molecule has 0 spiro atoms. The summed E-state index contributed by atoms with van der Waals surface area (Å²) in [4.78, 5) is 31.0. The molecular weight excluding hydrogens is 238 g/mol. The van der Waals surface area contributed by atoms with Crippen LogP contribution >= 0.6 is 11.6 Å². The van der Waals surface area contributed by atoms with E-state index >= 15 is 0 Å². The lowest BCUT2D eigenvalue weighted by Crippen LogP contribution is -2.07. The van der Waals surface area contributed by atoms with Gasteiger partial charge >= 0.3 is 5.97 Å². The Labute approximate surface area is 94.9 Å². The van der Waals surface area contributed by atoms with Crippen molar-refractivity contribution in [2.75, 3.05) is 6.61 Å². The number of ether oxygens (including phenoxy) is 1. The van der Waals surface area contributed by atoms with E-state index in [0.717, 1.165) is 6.07 Å². The van der Waals surface area contributed by atoms with Gasteiger partial charge in [0.15, 0.2) is 6.29 Å². The van der Waals surface area contributed by atoms with E-state index in [0.29, 0.717) is 6.29 Å². The summed E-state index contributed by atoms with van der Waals surface area (Å²) in [6.07, 6.45) is 0.405. The van der Waals surface area contributed by atoms with Gasteiger partial charge < -0.3 is 4.74 Å². The van der Waals surface area contributed by atoms with Crippen LogP contribution in [0.2, 0.25) is 5.02 Å². The number of benzene rings is 1. The molecule has 6 nitrogen and oxygen atoms in total. The van der Waals surface area contributed by atoms with Crippen LogP contribution in [0.1, 0.15) is 10.4 Å². The van der Waals surface area contributed by atoms with Gasteiger partial charge in [-0.3, -0.25) is 14.9 Å². The van der Waals surface area contributed by atoms with E-state index in [4.69, 9.17) is 11.6 Å². The van der Waals surface area contributed by atoms with Crippen molar-refractivity contribution in [1.29, 1.82) is 0 Å². The van der Waals surface area contributed by atoms with E-state index in [-0.39, 0.29) is 16.3 Å². The molecule has 0 bridgehead atoms. The van der Waals surface area contributed by atoms with Crippen molar-refractivity contribution in [3.8, 4) is 0 Å². The van der Waals surface area contributed by atoms with E-state index in [1.807, 2.05) is 0 Å². The highest BCUT2D eigenvalue weighted by atomic mass is 35.5. The number of nitro benzene ring substituents is 1. The van der Waals surface area contributed by atoms with Crippen LogP contribution < -0.4 is 0 Å². The van der Waals surface area contributed by atoms with Crippen molar-refractivity contribution in [3.05, 3.63) is 38.9 Å². The maximum absolute atomic E-state index is 11.2. The van der Waals surface area contributed by atoms with Gasteiger partial charge in [0.05, 0.1) is 10.5 Å². The molecule has 0 fully saturated rings. The monoisotopic (exact) mass is 243 g/mol. The first-order chi connectivity index (χ1) is 7.56. The van der Waals surface area contributed by atoms with Crippen LogP contribution in [0.25, 0.3) is 0 Å². The number of halogens is 1. The average Bonchev–Trinajstić information content (AvgIpc) is 2.26. The van der Waals surface area contributed by atoms with Gasteiger partial charge in [0.1, 0.15) is 11.6 Å². The molecule has 0 heterocycles. The number of hydrogen-bond acceptors (Lipinski definition) is 5. The molecule has 0 saturated heterocycles. The second kappa shape index (κ2) is 5.22. The molecule has 84 valence electrons. The Bertz CT molecular complexity index is 446. The Morgan fingerprint density at radius 1 is 1.56 bits per heavy atom. The van der Waals surface area contributed by atoms with Crippen molar-refractivity contribution in [1.82, 2.24) is 0 Å². The van der Waals surface area contributed by atoms with Crippen molar-refractivity contribution < 1.29 is 19.2 Å². The largest absolute Gasteiger partial charge is 0.454 e. The average molecular weight is 244 g/mol. The fraction of sp³-hybridized carbons (Fsp3) is 0.111. The number of esters is 1. The molecule has 0 aliphatic heterocycles. The molecule has 0 aliphatic carbocycles. The maximum Gasteiger partial charge on any atom is 0.338 e. The van der Waals surface area contributed by atoms with Crippen LogP contribution in [0, 0.1) is 10.1 Å². The summed E-state index contributed by atoms with van der Waals surface area (Å²) in [5.41, 5.74) is -0.417. The first kappa shape index (κ1) is 12.1. The third kappa shape index (κ3) is 2.77. The summed E-state index contributed by atoms with van der Waals surface area (Å²) in [7, 11) is 0.